The number of carbonyl (C=O) groups is 2. The quantitative estimate of drug-likeness (QED) is 0.489. The van der Waals surface area contributed by atoms with Gasteiger partial charge in [-0.25, -0.2) is 0 Å². The normalized spacial score (nSPS) is 10.2. The summed E-state index contributed by atoms with van der Waals surface area (Å²) in [5, 5.41) is 13.6. The second-order valence-corrected chi connectivity index (χ2v) is 6.40. The summed E-state index contributed by atoms with van der Waals surface area (Å²) < 4.78 is 10.6. The number of fused-ring (bicyclic) bond motifs is 1. The molecule has 1 amide bonds. The molecule has 0 aliphatic carbocycles. The Labute approximate surface area is 168 Å². The smallest absolute Gasteiger partial charge is 0.311 e. The summed E-state index contributed by atoms with van der Waals surface area (Å²) >= 11 is 0. The largest absolute Gasteiger partial charge is 0.495 e. The van der Waals surface area contributed by atoms with E-state index in [2.05, 4.69) is 5.32 Å². The Morgan fingerprint density at radius 2 is 1.76 bits per heavy atom. The van der Waals surface area contributed by atoms with Crippen LogP contribution < -0.4 is 14.8 Å². The Morgan fingerprint density at radius 1 is 1.03 bits per heavy atom. The molecule has 3 rings (SSSR count). The maximum absolute atomic E-state index is 13.0. The fraction of sp³-hybridized carbons (Fsp3) is 0.174. The fourth-order valence-electron chi connectivity index (χ4n) is 2.92. The highest BCUT2D eigenvalue weighted by molar-refractivity contribution is 6.09. The van der Waals surface area contributed by atoms with Gasteiger partial charge < -0.3 is 14.8 Å². The molecule has 3 aromatic carbocycles. The molecule has 0 saturated heterocycles. The zero-order valence-electron chi connectivity index (χ0n) is 16.2. The molecule has 0 fully saturated rings. The minimum absolute atomic E-state index is 0.209. The lowest BCUT2D eigenvalue weighted by molar-refractivity contribution is -0.134. The van der Waals surface area contributed by atoms with Crippen LogP contribution >= 0.6 is 0 Å². The van der Waals surface area contributed by atoms with Gasteiger partial charge in [-0.3, -0.25) is 9.59 Å². The van der Waals surface area contributed by atoms with Crippen LogP contribution in [0.1, 0.15) is 35.7 Å². The lowest BCUT2D eigenvalue weighted by atomic mass is 10.0. The zero-order valence-corrected chi connectivity index (χ0v) is 16.2. The van der Waals surface area contributed by atoms with Gasteiger partial charge in [-0.15, -0.1) is 0 Å². The van der Waals surface area contributed by atoms with Crippen molar-refractivity contribution in [2.24, 2.45) is 0 Å². The molecule has 146 valence electrons. The van der Waals surface area contributed by atoms with Crippen molar-refractivity contribution in [2.45, 2.75) is 19.8 Å². The van der Waals surface area contributed by atoms with Crippen molar-refractivity contribution in [3.8, 4) is 17.6 Å². The number of anilines is 1. The summed E-state index contributed by atoms with van der Waals surface area (Å²) in [5.74, 6) is -0.252. The predicted molar refractivity (Wildman–Crippen MR) is 110 cm³/mol. The lowest BCUT2D eigenvalue weighted by Crippen LogP contribution is -2.16. The molecule has 0 bridgehead atoms. The highest BCUT2D eigenvalue weighted by Crippen LogP contribution is 2.29. The topological polar surface area (TPSA) is 88.4 Å². The Bertz CT molecular complexity index is 1120. The Morgan fingerprint density at radius 3 is 2.41 bits per heavy atom. The van der Waals surface area contributed by atoms with Gasteiger partial charge >= 0.3 is 5.97 Å². The summed E-state index contributed by atoms with van der Waals surface area (Å²) in [5.41, 5.74) is 1.08. The molecule has 0 aliphatic heterocycles. The molecule has 0 atom stereocenters. The third kappa shape index (κ3) is 4.53. The molecular weight excluding hydrogens is 368 g/mol. The molecule has 0 saturated carbocycles. The third-order valence-electron chi connectivity index (χ3n) is 4.35. The molecule has 0 heterocycles. The third-order valence-corrected chi connectivity index (χ3v) is 4.35. The Balaban J connectivity index is 1.97. The van der Waals surface area contributed by atoms with Crippen LogP contribution in [-0.2, 0) is 4.79 Å². The number of carbonyl (C=O) groups excluding carboxylic acids is 2. The first kappa shape index (κ1) is 19.9. The van der Waals surface area contributed by atoms with E-state index >= 15 is 0 Å². The van der Waals surface area contributed by atoms with Crippen molar-refractivity contribution in [3.63, 3.8) is 0 Å². The molecule has 6 heteroatoms. The van der Waals surface area contributed by atoms with Crippen LogP contribution in [-0.4, -0.2) is 19.0 Å². The maximum Gasteiger partial charge on any atom is 0.311 e. The van der Waals surface area contributed by atoms with Gasteiger partial charge in [0.2, 0.25) is 0 Å². The van der Waals surface area contributed by atoms with Crippen LogP contribution in [0.4, 0.5) is 5.69 Å². The van der Waals surface area contributed by atoms with E-state index in [0.717, 1.165) is 10.8 Å². The van der Waals surface area contributed by atoms with Crippen molar-refractivity contribution in [3.05, 3.63) is 65.7 Å². The van der Waals surface area contributed by atoms with Crippen molar-refractivity contribution in [1.82, 2.24) is 0 Å². The molecule has 3 aromatic rings. The maximum atomic E-state index is 13.0. The first-order chi connectivity index (χ1) is 14.0. The molecule has 6 nitrogen and oxygen atoms in total. The van der Waals surface area contributed by atoms with E-state index in [0.29, 0.717) is 23.4 Å². The number of benzene rings is 3. The molecular formula is C23H20N2O4. The van der Waals surface area contributed by atoms with Crippen molar-refractivity contribution >= 4 is 28.3 Å². The molecule has 29 heavy (non-hydrogen) atoms. The van der Waals surface area contributed by atoms with Crippen LogP contribution in [0.3, 0.4) is 0 Å². The second-order valence-electron chi connectivity index (χ2n) is 6.40. The lowest BCUT2D eigenvalue weighted by Gasteiger charge is -2.13. The number of nitrogens with zero attached hydrogens (tertiary/aromatic N) is 1. The zero-order chi connectivity index (χ0) is 20.8. The molecule has 0 aliphatic rings. The van der Waals surface area contributed by atoms with Gasteiger partial charge in [0.1, 0.15) is 17.6 Å². The number of amides is 1. The van der Waals surface area contributed by atoms with Crippen LogP contribution in [0.15, 0.2) is 54.6 Å². The number of esters is 1. The molecule has 1 N–H and O–H groups in total. The number of nitrogens with one attached hydrogen (secondary N) is 1. The summed E-state index contributed by atoms with van der Waals surface area (Å²) in [4.78, 5) is 25.0. The van der Waals surface area contributed by atoms with E-state index in [-0.39, 0.29) is 17.7 Å². The average Bonchev–Trinajstić information content (AvgIpc) is 2.73. The van der Waals surface area contributed by atoms with Gasteiger partial charge in [0.15, 0.2) is 0 Å². The Hall–Kier alpha value is -3.85. The van der Waals surface area contributed by atoms with E-state index in [1.54, 1.807) is 30.3 Å². The molecule has 0 aromatic heterocycles. The molecule has 0 unspecified atom stereocenters. The van der Waals surface area contributed by atoms with Gasteiger partial charge in [0, 0.05) is 18.2 Å². The molecule has 0 spiro atoms. The summed E-state index contributed by atoms with van der Waals surface area (Å²) in [6.45, 7) is 1.88. The first-order valence-electron chi connectivity index (χ1n) is 9.18. The Kier molecular flexibility index (Phi) is 6.10. The van der Waals surface area contributed by atoms with Crippen LogP contribution in [0.2, 0.25) is 0 Å². The summed E-state index contributed by atoms with van der Waals surface area (Å²) in [6, 6.07) is 17.7. The van der Waals surface area contributed by atoms with Gasteiger partial charge in [-0.1, -0.05) is 31.2 Å². The van der Waals surface area contributed by atoms with Crippen LogP contribution in [0.25, 0.3) is 10.8 Å². The number of methoxy groups -OCH3 is 1. The highest BCUT2D eigenvalue weighted by atomic mass is 16.5. The highest BCUT2D eigenvalue weighted by Gasteiger charge is 2.17. The SMILES string of the molecule is CCCC(=O)Oc1cc2ccccc2cc1C(=O)Nc1ccc(C#N)c(OC)c1. The predicted octanol–water partition coefficient (Wildman–Crippen LogP) is 4.68. The summed E-state index contributed by atoms with van der Waals surface area (Å²) in [7, 11) is 1.45. The van der Waals surface area contributed by atoms with Gasteiger partial charge in [-0.05, 0) is 41.5 Å². The van der Waals surface area contributed by atoms with E-state index in [1.165, 1.54) is 7.11 Å². The van der Waals surface area contributed by atoms with Gasteiger partial charge in [-0.2, -0.15) is 5.26 Å². The number of hydrogen-bond donors (Lipinski definition) is 1. The van der Waals surface area contributed by atoms with E-state index in [4.69, 9.17) is 14.7 Å². The van der Waals surface area contributed by atoms with Crippen molar-refractivity contribution in [2.75, 3.05) is 12.4 Å². The average molecular weight is 388 g/mol. The molecule has 0 radical (unpaired) electrons. The minimum atomic E-state index is -0.429. The standard InChI is InChI=1S/C23H20N2O4/c1-3-6-22(26)29-21-12-16-8-5-4-7-15(16)11-19(21)23(27)25-18-10-9-17(14-24)20(13-18)28-2/h4-5,7-13H,3,6H2,1-2H3,(H,25,27). The number of rotatable bonds is 6. The minimum Gasteiger partial charge on any atom is -0.495 e. The van der Waals surface area contributed by atoms with Crippen LogP contribution in [0.5, 0.6) is 11.5 Å². The van der Waals surface area contributed by atoms with Gasteiger partial charge in [0.25, 0.3) is 5.91 Å². The van der Waals surface area contributed by atoms with Crippen molar-refractivity contribution in [1.29, 1.82) is 5.26 Å². The second kappa shape index (κ2) is 8.89. The number of hydrogen-bond acceptors (Lipinski definition) is 5. The summed E-state index contributed by atoms with van der Waals surface area (Å²) in [6.07, 6.45) is 0.916. The number of ether oxygens (including phenoxy) is 2. The van der Waals surface area contributed by atoms with E-state index in [1.807, 2.05) is 37.3 Å². The number of nitriles is 1. The van der Waals surface area contributed by atoms with Gasteiger partial charge in [0.05, 0.1) is 18.2 Å². The first-order valence-corrected chi connectivity index (χ1v) is 9.18. The van der Waals surface area contributed by atoms with E-state index in [9.17, 15) is 9.59 Å². The fourth-order valence-corrected chi connectivity index (χ4v) is 2.92. The van der Waals surface area contributed by atoms with Crippen LogP contribution in [0, 0.1) is 11.3 Å². The monoisotopic (exact) mass is 388 g/mol. The van der Waals surface area contributed by atoms with Crippen molar-refractivity contribution < 1.29 is 19.1 Å². The van der Waals surface area contributed by atoms with E-state index < -0.39 is 11.9 Å².